The van der Waals surface area contributed by atoms with E-state index in [9.17, 15) is 9.18 Å². The Hall–Kier alpha value is -1.42. The molecule has 0 heterocycles. The molecular formula is C14H21FN2O. The minimum Gasteiger partial charge on any atom is -0.354 e. The highest BCUT2D eigenvalue weighted by molar-refractivity contribution is 5.76. The summed E-state index contributed by atoms with van der Waals surface area (Å²) in [6.45, 7) is 6.40. The third kappa shape index (κ3) is 5.27. The molecule has 1 atom stereocenters. The van der Waals surface area contributed by atoms with E-state index in [1.165, 1.54) is 12.1 Å². The van der Waals surface area contributed by atoms with E-state index in [-0.39, 0.29) is 23.8 Å². The Morgan fingerprint density at radius 3 is 2.67 bits per heavy atom. The van der Waals surface area contributed by atoms with Gasteiger partial charge in [-0.15, -0.1) is 0 Å². The summed E-state index contributed by atoms with van der Waals surface area (Å²) in [5, 5.41) is 6.03. The van der Waals surface area contributed by atoms with Crippen LogP contribution < -0.4 is 10.6 Å². The number of benzene rings is 1. The van der Waals surface area contributed by atoms with Gasteiger partial charge < -0.3 is 10.6 Å². The highest BCUT2D eigenvalue weighted by Crippen LogP contribution is 2.13. The molecule has 0 aliphatic heterocycles. The van der Waals surface area contributed by atoms with Crippen molar-refractivity contribution in [2.45, 2.75) is 39.3 Å². The molecule has 0 saturated carbocycles. The summed E-state index contributed by atoms with van der Waals surface area (Å²) in [5.74, 6) is -0.206. The summed E-state index contributed by atoms with van der Waals surface area (Å²) in [6, 6.07) is 6.69. The molecule has 1 rings (SSSR count). The largest absolute Gasteiger partial charge is 0.354 e. The minimum atomic E-state index is -0.237. The zero-order valence-corrected chi connectivity index (χ0v) is 11.2. The smallest absolute Gasteiger partial charge is 0.221 e. The van der Waals surface area contributed by atoms with Crippen molar-refractivity contribution in [2.24, 2.45) is 0 Å². The van der Waals surface area contributed by atoms with Gasteiger partial charge in [0.25, 0.3) is 0 Å². The van der Waals surface area contributed by atoms with E-state index in [1.807, 2.05) is 26.8 Å². The van der Waals surface area contributed by atoms with Crippen LogP contribution in [0.25, 0.3) is 0 Å². The second kappa shape index (κ2) is 7.11. The molecule has 1 amide bonds. The van der Waals surface area contributed by atoms with Crippen LogP contribution >= 0.6 is 0 Å². The highest BCUT2D eigenvalue weighted by Gasteiger charge is 2.07. The lowest BCUT2D eigenvalue weighted by Gasteiger charge is -2.14. The molecule has 0 aliphatic rings. The average Bonchev–Trinajstić information content (AvgIpc) is 2.27. The molecule has 18 heavy (non-hydrogen) atoms. The Bertz CT molecular complexity index is 393. The molecular weight excluding hydrogens is 231 g/mol. The highest BCUT2D eigenvalue weighted by atomic mass is 19.1. The van der Waals surface area contributed by atoms with E-state index in [1.54, 1.807) is 6.07 Å². The first-order valence-corrected chi connectivity index (χ1v) is 6.27. The van der Waals surface area contributed by atoms with Crippen molar-refractivity contribution in [3.8, 4) is 0 Å². The fourth-order valence-electron chi connectivity index (χ4n) is 1.69. The minimum absolute atomic E-state index is 0.0314. The Labute approximate surface area is 108 Å². The van der Waals surface area contributed by atoms with Gasteiger partial charge in [0.15, 0.2) is 0 Å². The van der Waals surface area contributed by atoms with Gasteiger partial charge >= 0.3 is 0 Å². The molecule has 1 aromatic rings. The number of carbonyl (C=O) groups excluding carboxylic acids is 1. The fraction of sp³-hybridized carbons (Fsp3) is 0.500. The summed E-state index contributed by atoms with van der Waals surface area (Å²) >= 11 is 0. The average molecular weight is 252 g/mol. The quantitative estimate of drug-likeness (QED) is 0.816. The van der Waals surface area contributed by atoms with Crippen molar-refractivity contribution in [3.63, 3.8) is 0 Å². The molecule has 0 bridgehead atoms. The first-order chi connectivity index (χ1) is 8.49. The Kier molecular flexibility index (Phi) is 5.78. The normalized spacial score (nSPS) is 12.5. The third-order valence-electron chi connectivity index (χ3n) is 2.60. The lowest BCUT2D eigenvalue weighted by Crippen LogP contribution is -2.33. The van der Waals surface area contributed by atoms with Crippen molar-refractivity contribution >= 4 is 5.91 Å². The molecule has 0 radical (unpaired) electrons. The molecule has 1 aromatic carbocycles. The van der Waals surface area contributed by atoms with Crippen molar-refractivity contribution in [1.82, 2.24) is 10.6 Å². The number of amides is 1. The number of hydrogen-bond donors (Lipinski definition) is 2. The van der Waals surface area contributed by atoms with Gasteiger partial charge in [0.1, 0.15) is 5.82 Å². The second-order valence-corrected chi connectivity index (χ2v) is 4.70. The summed E-state index contributed by atoms with van der Waals surface area (Å²) < 4.78 is 13.0. The maximum atomic E-state index is 13.0. The Balaban J connectivity index is 2.33. The third-order valence-corrected chi connectivity index (χ3v) is 2.60. The molecule has 1 unspecified atom stereocenters. The summed E-state index contributed by atoms with van der Waals surface area (Å²) in [5.41, 5.74) is 0.888. The van der Waals surface area contributed by atoms with Crippen LogP contribution in [0.2, 0.25) is 0 Å². The molecule has 3 nitrogen and oxygen atoms in total. The van der Waals surface area contributed by atoms with Crippen LogP contribution in [0.4, 0.5) is 4.39 Å². The number of hydrogen-bond acceptors (Lipinski definition) is 2. The molecule has 0 aliphatic carbocycles. The van der Waals surface area contributed by atoms with Crippen molar-refractivity contribution in [2.75, 3.05) is 6.54 Å². The van der Waals surface area contributed by atoms with Gasteiger partial charge in [-0.3, -0.25) is 4.79 Å². The lowest BCUT2D eigenvalue weighted by molar-refractivity contribution is -0.121. The fourth-order valence-corrected chi connectivity index (χ4v) is 1.69. The SMILES string of the molecule is CC(C)NC(=O)CCNC(C)c1cccc(F)c1. The van der Waals surface area contributed by atoms with Gasteiger partial charge in [0.2, 0.25) is 5.91 Å². The van der Waals surface area contributed by atoms with Crippen molar-refractivity contribution < 1.29 is 9.18 Å². The van der Waals surface area contributed by atoms with Gasteiger partial charge in [-0.1, -0.05) is 12.1 Å². The van der Waals surface area contributed by atoms with Gasteiger partial charge in [-0.2, -0.15) is 0 Å². The topological polar surface area (TPSA) is 41.1 Å². The van der Waals surface area contributed by atoms with Crippen molar-refractivity contribution in [3.05, 3.63) is 35.6 Å². The number of rotatable bonds is 6. The monoisotopic (exact) mass is 252 g/mol. The predicted octanol–water partition coefficient (Wildman–Crippen LogP) is 2.39. The van der Waals surface area contributed by atoms with Crippen LogP contribution in [-0.2, 0) is 4.79 Å². The van der Waals surface area contributed by atoms with Crippen LogP contribution in [0.3, 0.4) is 0 Å². The van der Waals surface area contributed by atoms with Crippen LogP contribution in [0.15, 0.2) is 24.3 Å². The van der Waals surface area contributed by atoms with Gasteiger partial charge in [0.05, 0.1) is 0 Å². The zero-order chi connectivity index (χ0) is 13.5. The zero-order valence-electron chi connectivity index (χ0n) is 11.2. The summed E-state index contributed by atoms with van der Waals surface area (Å²) in [7, 11) is 0. The van der Waals surface area contributed by atoms with E-state index in [0.717, 1.165) is 5.56 Å². The summed E-state index contributed by atoms with van der Waals surface area (Å²) in [4.78, 5) is 11.4. The van der Waals surface area contributed by atoms with Crippen molar-refractivity contribution in [1.29, 1.82) is 0 Å². The van der Waals surface area contributed by atoms with E-state index in [0.29, 0.717) is 13.0 Å². The lowest BCUT2D eigenvalue weighted by atomic mass is 10.1. The standard InChI is InChI=1S/C14H21FN2O/c1-10(2)17-14(18)7-8-16-11(3)12-5-4-6-13(15)9-12/h4-6,9-11,16H,7-8H2,1-3H3,(H,17,18). The van der Waals surface area contributed by atoms with Crippen LogP contribution in [0, 0.1) is 5.82 Å². The maximum Gasteiger partial charge on any atom is 0.221 e. The van der Waals surface area contributed by atoms with Crippen LogP contribution in [0.5, 0.6) is 0 Å². The first kappa shape index (κ1) is 14.6. The van der Waals surface area contributed by atoms with Gasteiger partial charge in [-0.25, -0.2) is 4.39 Å². The molecule has 0 saturated heterocycles. The first-order valence-electron chi connectivity index (χ1n) is 6.27. The maximum absolute atomic E-state index is 13.0. The molecule has 0 aromatic heterocycles. The van der Waals surface area contributed by atoms with Gasteiger partial charge in [0, 0.05) is 25.0 Å². The molecule has 2 N–H and O–H groups in total. The van der Waals surface area contributed by atoms with E-state index >= 15 is 0 Å². The molecule has 0 fully saturated rings. The Morgan fingerprint density at radius 1 is 1.33 bits per heavy atom. The molecule has 100 valence electrons. The number of nitrogens with one attached hydrogen (secondary N) is 2. The number of carbonyl (C=O) groups is 1. The second-order valence-electron chi connectivity index (χ2n) is 4.70. The molecule has 4 heteroatoms. The Morgan fingerprint density at radius 2 is 2.06 bits per heavy atom. The molecule has 0 spiro atoms. The van der Waals surface area contributed by atoms with E-state index in [4.69, 9.17) is 0 Å². The van der Waals surface area contributed by atoms with Gasteiger partial charge in [-0.05, 0) is 38.5 Å². The van der Waals surface area contributed by atoms with E-state index < -0.39 is 0 Å². The number of halogens is 1. The van der Waals surface area contributed by atoms with Crippen LogP contribution in [0.1, 0.15) is 38.8 Å². The summed E-state index contributed by atoms with van der Waals surface area (Å²) in [6.07, 6.45) is 0.428. The predicted molar refractivity (Wildman–Crippen MR) is 70.7 cm³/mol. The van der Waals surface area contributed by atoms with Crippen LogP contribution in [-0.4, -0.2) is 18.5 Å². The van der Waals surface area contributed by atoms with E-state index in [2.05, 4.69) is 10.6 Å².